The lowest BCUT2D eigenvalue weighted by molar-refractivity contribution is 0.154. The van der Waals surface area contributed by atoms with Gasteiger partial charge in [-0.25, -0.2) is 10.2 Å². The lowest BCUT2D eigenvalue weighted by atomic mass is 10.3. The number of rotatable bonds is 3. The average molecular weight is 284 g/mol. The molecular formula is C9H9Cl3N2O2. The van der Waals surface area contributed by atoms with Crippen LogP contribution in [0.3, 0.4) is 0 Å². The van der Waals surface area contributed by atoms with E-state index in [9.17, 15) is 4.79 Å². The molecule has 0 bridgehead atoms. The van der Waals surface area contributed by atoms with Crippen LogP contribution in [0.1, 0.15) is 6.92 Å². The maximum Gasteiger partial charge on any atom is 0.425 e. The third-order valence-corrected chi connectivity index (χ3v) is 2.39. The molecule has 0 aliphatic carbocycles. The van der Waals surface area contributed by atoms with E-state index in [0.29, 0.717) is 20.8 Å². The van der Waals surface area contributed by atoms with Crippen molar-refractivity contribution in [3.05, 3.63) is 27.2 Å². The van der Waals surface area contributed by atoms with Crippen LogP contribution in [0.4, 0.5) is 10.5 Å². The second-order valence-corrected chi connectivity index (χ2v) is 3.97. The zero-order valence-electron chi connectivity index (χ0n) is 8.31. The van der Waals surface area contributed by atoms with Gasteiger partial charge in [-0.2, -0.15) is 0 Å². The second-order valence-electron chi connectivity index (χ2n) is 2.71. The first-order valence-corrected chi connectivity index (χ1v) is 5.51. The second kappa shape index (κ2) is 6.03. The van der Waals surface area contributed by atoms with Gasteiger partial charge >= 0.3 is 6.09 Å². The minimum Gasteiger partial charge on any atom is -0.449 e. The van der Waals surface area contributed by atoms with Gasteiger partial charge in [-0.3, -0.25) is 5.43 Å². The summed E-state index contributed by atoms with van der Waals surface area (Å²) in [5.41, 5.74) is 5.19. The van der Waals surface area contributed by atoms with E-state index in [1.54, 1.807) is 6.92 Å². The van der Waals surface area contributed by atoms with Crippen LogP contribution in [0, 0.1) is 0 Å². The van der Waals surface area contributed by atoms with E-state index >= 15 is 0 Å². The smallest absolute Gasteiger partial charge is 0.425 e. The highest BCUT2D eigenvalue weighted by molar-refractivity contribution is 6.41. The summed E-state index contributed by atoms with van der Waals surface area (Å²) >= 11 is 17.5. The molecule has 0 fully saturated rings. The first-order valence-electron chi connectivity index (χ1n) is 4.38. The van der Waals surface area contributed by atoms with Crippen LogP contribution >= 0.6 is 34.8 Å². The van der Waals surface area contributed by atoms with Crippen LogP contribution in [0.5, 0.6) is 0 Å². The molecule has 0 aliphatic heterocycles. The van der Waals surface area contributed by atoms with Gasteiger partial charge in [0, 0.05) is 5.02 Å². The standard InChI is InChI=1S/C9H9Cl3N2O2/c1-2-16-9(15)14-13-8-6(11)3-5(10)4-7(8)12/h3-4,13H,2H2,1H3,(H,14,15). The van der Waals surface area contributed by atoms with Crippen molar-refractivity contribution in [2.45, 2.75) is 6.92 Å². The van der Waals surface area contributed by atoms with E-state index in [0.717, 1.165) is 0 Å². The molecule has 16 heavy (non-hydrogen) atoms. The summed E-state index contributed by atoms with van der Waals surface area (Å²) < 4.78 is 4.64. The van der Waals surface area contributed by atoms with Crippen LogP contribution in [0.25, 0.3) is 0 Å². The highest BCUT2D eigenvalue weighted by Gasteiger charge is 2.08. The van der Waals surface area contributed by atoms with Crippen molar-refractivity contribution in [2.24, 2.45) is 0 Å². The normalized spacial score (nSPS) is 9.75. The Morgan fingerprint density at radius 2 is 1.88 bits per heavy atom. The molecule has 2 N–H and O–H groups in total. The number of carbonyl (C=O) groups excluding carboxylic acids is 1. The Morgan fingerprint density at radius 1 is 1.31 bits per heavy atom. The van der Waals surface area contributed by atoms with Crippen molar-refractivity contribution < 1.29 is 9.53 Å². The van der Waals surface area contributed by atoms with E-state index < -0.39 is 6.09 Å². The van der Waals surface area contributed by atoms with Gasteiger partial charge in [0.1, 0.15) is 0 Å². The Balaban J connectivity index is 2.70. The maximum absolute atomic E-state index is 11.0. The van der Waals surface area contributed by atoms with Crippen molar-refractivity contribution in [2.75, 3.05) is 12.0 Å². The summed E-state index contributed by atoms with van der Waals surface area (Å²) in [6.45, 7) is 1.97. The Labute approximate surface area is 108 Å². The summed E-state index contributed by atoms with van der Waals surface area (Å²) in [5, 5.41) is 1.01. The Morgan fingerprint density at radius 3 is 2.38 bits per heavy atom. The van der Waals surface area contributed by atoms with E-state index in [4.69, 9.17) is 34.8 Å². The molecule has 0 unspecified atom stereocenters. The summed E-state index contributed by atoms with van der Waals surface area (Å²) in [5.74, 6) is 0. The molecule has 0 aliphatic rings. The number of carbonyl (C=O) groups is 1. The van der Waals surface area contributed by atoms with Gasteiger partial charge in [0.15, 0.2) is 0 Å². The zero-order valence-corrected chi connectivity index (χ0v) is 10.6. The van der Waals surface area contributed by atoms with Crippen LogP contribution in [-0.4, -0.2) is 12.7 Å². The summed E-state index contributed by atoms with van der Waals surface area (Å²) in [7, 11) is 0. The number of anilines is 1. The van der Waals surface area contributed by atoms with Crippen molar-refractivity contribution in [1.29, 1.82) is 0 Å². The molecule has 0 saturated carbocycles. The van der Waals surface area contributed by atoms with Crippen LogP contribution in [0.15, 0.2) is 12.1 Å². The molecule has 0 aromatic heterocycles. The van der Waals surface area contributed by atoms with Crippen molar-refractivity contribution >= 4 is 46.6 Å². The van der Waals surface area contributed by atoms with Gasteiger partial charge in [0.05, 0.1) is 22.3 Å². The van der Waals surface area contributed by atoms with Gasteiger partial charge in [-0.05, 0) is 19.1 Å². The van der Waals surface area contributed by atoms with E-state index in [1.165, 1.54) is 12.1 Å². The van der Waals surface area contributed by atoms with Crippen molar-refractivity contribution in [1.82, 2.24) is 5.43 Å². The summed E-state index contributed by atoms with van der Waals surface area (Å²) in [6, 6.07) is 3.01. The molecule has 0 saturated heterocycles. The summed E-state index contributed by atoms with van der Waals surface area (Å²) in [6.07, 6.45) is -0.621. The van der Waals surface area contributed by atoms with E-state index in [1.807, 2.05) is 0 Å². The molecule has 1 aromatic rings. The molecular weight excluding hydrogens is 274 g/mol. The predicted octanol–water partition coefficient (Wildman–Crippen LogP) is 3.72. The Bertz CT molecular complexity index is 375. The van der Waals surface area contributed by atoms with Crippen molar-refractivity contribution in [3.63, 3.8) is 0 Å². The highest BCUT2D eigenvalue weighted by Crippen LogP contribution is 2.32. The molecule has 4 nitrogen and oxygen atoms in total. The minimum atomic E-state index is -0.621. The number of ether oxygens (including phenoxy) is 1. The molecule has 0 spiro atoms. The quantitative estimate of drug-likeness (QED) is 0.831. The predicted molar refractivity (Wildman–Crippen MR) is 65.3 cm³/mol. The number of hydrogen-bond acceptors (Lipinski definition) is 3. The van der Waals surface area contributed by atoms with E-state index in [2.05, 4.69) is 15.6 Å². The van der Waals surface area contributed by atoms with E-state index in [-0.39, 0.29) is 6.61 Å². The zero-order chi connectivity index (χ0) is 12.1. The molecule has 0 atom stereocenters. The van der Waals surface area contributed by atoms with Crippen LogP contribution in [0.2, 0.25) is 15.1 Å². The molecule has 1 rings (SSSR count). The average Bonchev–Trinajstić information content (AvgIpc) is 2.16. The first-order chi connectivity index (χ1) is 7.54. The number of amides is 1. The topological polar surface area (TPSA) is 50.4 Å². The molecule has 0 radical (unpaired) electrons. The summed E-state index contributed by atoms with van der Waals surface area (Å²) in [4.78, 5) is 11.0. The first kappa shape index (κ1) is 13.2. The third kappa shape index (κ3) is 3.63. The fourth-order valence-corrected chi connectivity index (χ4v) is 1.85. The molecule has 0 heterocycles. The lowest BCUT2D eigenvalue weighted by Gasteiger charge is -2.11. The fourth-order valence-electron chi connectivity index (χ4n) is 0.942. The van der Waals surface area contributed by atoms with Crippen LogP contribution in [-0.2, 0) is 4.74 Å². The number of halogens is 3. The van der Waals surface area contributed by atoms with Gasteiger partial charge in [-0.15, -0.1) is 0 Å². The van der Waals surface area contributed by atoms with Crippen LogP contribution < -0.4 is 10.9 Å². The van der Waals surface area contributed by atoms with Gasteiger partial charge < -0.3 is 4.74 Å². The SMILES string of the molecule is CCOC(=O)NNc1c(Cl)cc(Cl)cc1Cl. The van der Waals surface area contributed by atoms with Crippen molar-refractivity contribution in [3.8, 4) is 0 Å². The minimum absolute atomic E-state index is 0.273. The molecule has 1 amide bonds. The fraction of sp³-hybridized carbons (Fsp3) is 0.222. The molecule has 7 heteroatoms. The van der Waals surface area contributed by atoms with Gasteiger partial charge in [0.25, 0.3) is 0 Å². The maximum atomic E-state index is 11.0. The number of benzene rings is 1. The molecule has 1 aromatic carbocycles. The third-order valence-electron chi connectivity index (χ3n) is 1.57. The Hall–Kier alpha value is -0.840. The monoisotopic (exact) mass is 282 g/mol. The lowest BCUT2D eigenvalue weighted by Crippen LogP contribution is -2.30. The largest absolute Gasteiger partial charge is 0.449 e. The Kier molecular flexibility index (Phi) is 4.99. The van der Waals surface area contributed by atoms with Gasteiger partial charge in [0.2, 0.25) is 0 Å². The molecule has 88 valence electrons. The number of hydrazine groups is 1. The van der Waals surface area contributed by atoms with Gasteiger partial charge in [-0.1, -0.05) is 34.8 Å². The highest BCUT2D eigenvalue weighted by atomic mass is 35.5. The number of hydrogen-bond donors (Lipinski definition) is 2. The number of nitrogens with one attached hydrogen (secondary N) is 2.